The lowest BCUT2D eigenvalue weighted by Gasteiger charge is -2.28. The van der Waals surface area contributed by atoms with Gasteiger partial charge < -0.3 is 14.2 Å². The number of ketones is 1. The van der Waals surface area contributed by atoms with Crippen molar-refractivity contribution in [2.45, 2.75) is 83.7 Å². The Morgan fingerprint density at radius 3 is 1.87 bits per heavy atom. The van der Waals surface area contributed by atoms with Crippen LogP contribution in [-0.4, -0.2) is 30.8 Å². The first-order valence-corrected chi connectivity index (χ1v) is 12.7. The van der Waals surface area contributed by atoms with Gasteiger partial charge in [0.25, 0.3) is 0 Å². The molecule has 5 nitrogen and oxygen atoms in total. The van der Waals surface area contributed by atoms with Crippen LogP contribution in [0.3, 0.4) is 0 Å². The van der Waals surface area contributed by atoms with Crippen molar-refractivity contribution in [1.29, 1.82) is 0 Å². The number of phenolic OH excluding ortho intramolecular Hbond substituents is 1. The molecule has 0 radical (unpaired) electrons. The highest BCUT2D eigenvalue weighted by atomic mass is 31.2. The number of aromatic hydroxyl groups is 1. The molecule has 2 rings (SSSR count). The molecule has 1 unspecified atom stereocenters. The SMILES string of the molecule is COP(=O)(OC)C(C(=O)/C=C/c1cc(C(C)(C)C)c(O)c(C(C)(C)C)c1)C1CCCC1. The zero-order valence-electron chi connectivity index (χ0n) is 20.3. The molecule has 1 saturated carbocycles. The molecule has 0 aromatic heterocycles. The van der Waals surface area contributed by atoms with E-state index in [9.17, 15) is 14.5 Å². The van der Waals surface area contributed by atoms with Gasteiger partial charge in [0.2, 0.25) is 0 Å². The summed E-state index contributed by atoms with van der Waals surface area (Å²) in [5, 5.41) is 10.9. The van der Waals surface area contributed by atoms with E-state index in [1.807, 2.05) is 12.1 Å². The third-order valence-corrected chi connectivity index (χ3v) is 8.55. The van der Waals surface area contributed by atoms with Crippen molar-refractivity contribution < 1.29 is 23.5 Å². The zero-order valence-corrected chi connectivity index (χ0v) is 21.2. The molecular formula is C25H39O5P. The minimum atomic E-state index is -3.54. The van der Waals surface area contributed by atoms with Crippen LogP contribution in [0.25, 0.3) is 6.08 Å². The summed E-state index contributed by atoms with van der Waals surface area (Å²) in [6, 6.07) is 3.84. The van der Waals surface area contributed by atoms with E-state index in [0.29, 0.717) is 5.75 Å². The monoisotopic (exact) mass is 450 g/mol. The topological polar surface area (TPSA) is 72.8 Å². The summed E-state index contributed by atoms with van der Waals surface area (Å²) >= 11 is 0. The number of rotatable bonds is 7. The molecule has 0 saturated heterocycles. The Hall–Kier alpha value is -1.42. The maximum Gasteiger partial charge on any atom is 0.341 e. The van der Waals surface area contributed by atoms with Crippen molar-refractivity contribution in [1.82, 2.24) is 0 Å². The number of carbonyl (C=O) groups excluding carboxylic acids is 1. The summed E-state index contributed by atoms with van der Waals surface area (Å²) in [4.78, 5) is 13.2. The number of hydrogen-bond donors (Lipinski definition) is 1. The Morgan fingerprint density at radius 2 is 1.48 bits per heavy atom. The highest BCUT2D eigenvalue weighted by molar-refractivity contribution is 7.55. The number of benzene rings is 1. The molecule has 1 aliphatic rings. The molecule has 174 valence electrons. The smallest absolute Gasteiger partial charge is 0.341 e. The van der Waals surface area contributed by atoms with Gasteiger partial charge in [0, 0.05) is 25.3 Å². The molecule has 0 amide bonds. The maximum absolute atomic E-state index is 13.2. The molecule has 1 fully saturated rings. The second-order valence-corrected chi connectivity index (χ2v) is 13.0. The van der Waals surface area contributed by atoms with Gasteiger partial charge in [-0.3, -0.25) is 9.36 Å². The Balaban J connectivity index is 2.49. The van der Waals surface area contributed by atoms with Crippen LogP contribution in [0.4, 0.5) is 0 Å². The normalized spacial score (nSPS) is 17.4. The van der Waals surface area contributed by atoms with Gasteiger partial charge in [-0.1, -0.05) is 60.5 Å². The van der Waals surface area contributed by atoms with E-state index in [0.717, 1.165) is 42.4 Å². The lowest BCUT2D eigenvalue weighted by molar-refractivity contribution is -0.115. The fraction of sp³-hybridized carbons (Fsp3) is 0.640. The summed E-state index contributed by atoms with van der Waals surface area (Å²) in [6.07, 6.45) is 6.99. The van der Waals surface area contributed by atoms with Crippen molar-refractivity contribution in [2.24, 2.45) is 5.92 Å². The predicted molar refractivity (Wildman–Crippen MR) is 127 cm³/mol. The second kappa shape index (κ2) is 9.60. The molecule has 1 aromatic carbocycles. The van der Waals surface area contributed by atoms with Crippen LogP contribution in [-0.2, 0) is 29.2 Å². The van der Waals surface area contributed by atoms with Crippen LogP contribution in [0.1, 0.15) is 83.9 Å². The van der Waals surface area contributed by atoms with Crippen LogP contribution < -0.4 is 0 Å². The van der Waals surface area contributed by atoms with E-state index in [1.165, 1.54) is 20.3 Å². The fourth-order valence-corrected chi connectivity index (χ4v) is 6.21. The Morgan fingerprint density at radius 1 is 1.03 bits per heavy atom. The summed E-state index contributed by atoms with van der Waals surface area (Å²) in [5.41, 5.74) is 1.19. The number of allylic oxidation sites excluding steroid dienone is 1. The molecule has 1 atom stereocenters. The molecule has 1 aliphatic carbocycles. The van der Waals surface area contributed by atoms with E-state index < -0.39 is 13.3 Å². The first-order chi connectivity index (χ1) is 14.2. The van der Waals surface area contributed by atoms with Gasteiger partial charge in [-0.15, -0.1) is 0 Å². The maximum atomic E-state index is 13.2. The van der Waals surface area contributed by atoms with Crippen molar-refractivity contribution in [3.8, 4) is 5.75 Å². The third kappa shape index (κ3) is 5.88. The van der Waals surface area contributed by atoms with Gasteiger partial charge in [0.15, 0.2) is 5.78 Å². The Bertz CT molecular complexity index is 824. The standard InChI is InChI=1S/C25H39O5P/c1-24(2,3)19-15-17(16-20(22(19)27)25(4,5)6)13-14-21(26)23(18-11-9-10-12-18)31(28,29-7)30-8/h13-16,18,23,27H,9-12H2,1-8H3/b14-13+. The van der Waals surface area contributed by atoms with Gasteiger partial charge in [-0.05, 0) is 53.4 Å². The fourth-order valence-electron chi connectivity index (χ4n) is 4.39. The van der Waals surface area contributed by atoms with Gasteiger partial charge in [0.1, 0.15) is 11.4 Å². The van der Waals surface area contributed by atoms with Crippen molar-refractivity contribution in [3.05, 3.63) is 34.9 Å². The summed E-state index contributed by atoms with van der Waals surface area (Å²) in [7, 11) is -0.855. The van der Waals surface area contributed by atoms with Gasteiger partial charge in [0.05, 0.1) is 0 Å². The molecule has 6 heteroatoms. The first kappa shape index (κ1) is 25.8. The number of phenols is 1. The summed E-state index contributed by atoms with van der Waals surface area (Å²) in [6.45, 7) is 12.3. The van der Waals surface area contributed by atoms with Gasteiger partial charge >= 0.3 is 7.60 Å². The predicted octanol–water partition coefficient (Wildman–Crippen LogP) is 6.61. The summed E-state index contributed by atoms with van der Waals surface area (Å²) < 4.78 is 23.6. The average molecular weight is 451 g/mol. The van der Waals surface area contributed by atoms with E-state index in [1.54, 1.807) is 6.08 Å². The molecule has 0 aliphatic heterocycles. The average Bonchev–Trinajstić information content (AvgIpc) is 3.19. The molecular weight excluding hydrogens is 411 g/mol. The van der Waals surface area contributed by atoms with E-state index in [2.05, 4.69) is 41.5 Å². The lowest BCUT2D eigenvalue weighted by atomic mass is 9.78. The molecule has 31 heavy (non-hydrogen) atoms. The lowest BCUT2D eigenvalue weighted by Crippen LogP contribution is -2.28. The largest absolute Gasteiger partial charge is 0.507 e. The van der Waals surface area contributed by atoms with Crippen LogP contribution >= 0.6 is 7.60 Å². The Labute approximate surface area is 187 Å². The highest BCUT2D eigenvalue weighted by Gasteiger charge is 2.44. The molecule has 1 N–H and O–H groups in total. The minimum Gasteiger partial charge on any atom is -0.507 e. The number of carbonyl (C=O) groups is 1. The Kier molecular flexibility index (Phi) is 8.00. The van der Waals surface area contributed by atoms with Crippen molar-refractivity contribution in [2.75, 3.05) is 14.2 Å². The van der Waals surface area contributed by atoms with E-state index >= 15 is 0 Å². The van der Waals surface area contributed by atoms with E-state index in [-0.39, 0.29) is 22.5 Å². The van der Waals surface area contributed by atoms with Crippen LogP contribution in [0, 0.1) is 5.92 Å². The number of hydrogen-bond acceptors (Lipinski definition) is 5. The molecule has 0 heterocycles. The van der Waals surface area contributed by atoms with Gasteiger partial charge in [-0.25, -0.2) is 0 Å². The molecule has 0 spiro atoms. The van der Waals surface area contributed by atoms with E-state index in [4.69, 9.17) is 9.05 Å². The first-order valence-electron chi connectivity index (χ1n) is 11.1. The van der Waals surface area contributed by atoms with Crippen LogP contribution in [0.15, 0.2) is 18.2 Å². The second-order valence-electron chi connectivity index (χ2n) is 10.6. The quantitative estimate of drug-likeness (QED) is 0.374. The van der Waals surface area contributed by atoms with Crippen molar-refractivity contribution >= 4 is 19.5 Å². The summed E-state index contributed by atoms with van der Waals surface area (Å²) in [5.74, 6) is 0.0650. The van der Waals surface area contributed by atoms with Gasteiger partial charge in [-0.2, -0.15) is 0 Å². The highest BCUT2D eigenvalue weighted by Crippen LogP contribution is 2.57. The molecule has 0 bridgehead atoms. The minimum absolute atomic E-state index is 0.00188. The van der Waals surface area contributed by atoms with Crippen molar-refractivity contribution in [3.63, 3.8) is 0 Å². The zero-order chi connectivity index (χ0) is 23.6. The van der Waals surface area contributed by atoms with Crippen LogP contribution in [0.5, 0.6) is 5.75 Å². The van der Waals surface area contributed by atoms with Crippen LogP contribution in [0.2, 0.25) is 0 Å². The molecule has 1 aromatic rings. The third-order valence-electron chi connectivity index (χ3n) is 6.18.